The minimum Gasteiger partial charge on any atom is -0.411 e. The van der Waals surface area contributed by atoms with Crippen molar-refractivity contribution in [3.05, 3.63) is 53.9 Å². The first-order valence-corrected chi connectivity index (χ1v) is 7.12. The molecule has 3 aromatic heterocycles. The normalized spacial score (nSPS) is 11.6. The Morgan fingerprint density at radius 2 is 1.57 bits per heavy atom. The lowest BCUT2D eigenvalue weighted by Gasteiger charge is -1.99. The van der Waals surface area contributed by atoms with Crippen molar-refractivity contribution < 1.29 is 5.21 Å². The van der Waals surface area contributed by atoms with E-state index in [0.29, 0.717) is 5.71 Å². The number of thiazole rings is 1. The maximum absolute atomic E-state index is 9.08. The summed E-state index contributed by atoms with van der Waals surface area (Å²) in [6.45, 7) is 1.76. The molecule has 0 aliphatic carbocycles. The number of hydrogen-bond acceptors (Lipinski definition) is 6. The van der Waals surface area contributed by atoms with Crippen LogP contribution < -0.4 is 0 Å². The van der Waals surface area contributed by atoms with E-state index in [1.807, 2.05) is 24.3 Å². The highest BCUT2D eigenvalue weighted by Gasteiger charge is 2.16. The van der Waals surface area contributed by atoms with Gasteiger partial charge in [0.25, 0.3) is 0 Å². The fourth-order valence-electron chi connectivity index (χ4n) is 1.93. The van der Waals surface area contributed by atoms with Gasteiger partial charge in [-0.05, 0) is 31.2 Å². The quantitative estimate of drug-likeness (QED) is 0.456. The molecule has 3 rings (SSSR count). The molecule has 0 atom stereocenters. The average Bonchev–Trinajstić information content (AvgIpc) is 3.01. The van der Waals surface area contributed by atoms with Crippen molar-refractivity contribution in [2.45, 2.75) is 6.92 Å². The smallest absolute Gasteiger partial charge is 0.124 e. The van der Waals surface area contributed by atoms with E-state index in [4.69, 9.17) is 10.2 Å². The molecule has 104 valence electrons. The van der Waals surface area contributed by atoms with E-state index in [2.05, 4.69) is 15.1 Å². The van der Waals surface area contributed by atoms with Crippen LogP contribution in [0.1, 0.15) is 11.8 Å². The Balaban J connectivity index is 2.17. The highest BCUT2D eigenvalue weighted by molar-refractivity contribution is 7.17. The van der Waals surface area contributed by atoms with Crippen LogP contribution in [0, 0.1) is 0 Å². The maximum Gasteiger partial charge on any atom is 0.124 e. The third-order valence-corrected chi connectivity index (χ3v) is 4.20. The highest BCUT2D eigenvalue weighted by atomic mass is 32.1. The fraction of sp³-hybridized carbons (Fsp3) is 0.0667. The molecule has 0 bridgehead atoms. The third kappa shape index (κ3) is 2.66. The standard InChI is InChI=1S/C15H12N4OS/c1-10(19-20)14-13(11-2-6-16-7-3-11)18-15(21-14)12-4-8-17-9-5-12/h2-9,20H,1H3/b19-10+. The minimum atomic E-state index is 0.541. The molecule has 3 heterocycles. The van der Waals surface area contributed by atoms with Crippen molar-refractivity contribution in [1.82, 2.24) is 15.0 Å². The van der Waals surface area contributed by atoms with Crippen LogP contribution in [-0.4, -0.2) is 25.9 Å². The van der Waals surface area contributed by atoms with Crippen LogP contribution in [-0.2, 0) is 0 Å². The molecule has 0 aromatic carbocycles. The average molecular weight is 296 g/mol. The molecule has 0 saturated heterocycles. The molecule has 0 unspecified atom stereocenters. The topological polar surface area (TPSA) is 71.3 Å². The predicted octanol–water partition coefficient (Wildman–Crippen LogP) is 3.47. The van der Waals surface area contributed by atoms with Crippen LogP contribution in [0.3, 0.4) is 0 Å². The van der Waals surface area contributed by atoms with Crippen LogP contribution in [0.15, 0.2) is 54.2 Å². The summed E-state index contributed by atoms with van der Waals surface area (Å²) in [5.74, 6) is 0. The summed E-state index contributed by atoms with van der Waals surface area (Å²) in [6, 6.07) is 7.59. The molecule has 6 heteroatoms. The predicted molar refractivity (Wildman–Crippen MR) is 82.6 cm³/mol. The van der Waals surface area contributed by atoms with Gasteiger partial charge in [-0.3, -0.25) is 9.97 Å². The number of oxime groups is 1. The zero-order valence-corrected chi connectivity index (χ0v) is 12.1. The highest BCUT2D eigenvalue weighted by Crippen LogP contribution is 2.33. The number of hydrogen-bond donors (Lipinski definition) is 1. The SMILES string of the molecule is C/C(=N\O)c1sc(-c2ccncc2)nc1-c1ccncc1. The van der Waals surface area contributed by atoms with Crippen LogP contribution in [0.2, 0.25) is 0 Å². The Morgan fingerprint density at radius 1 is 1.00 bits per heavy atom. The molecule has 0 amide bonds. The van der Waals surface area contributed by atoms with Crippen molar-refractivity contribution >= 4 is 17.0 Å². The van der Waals surface area contributed by atoms with Crippen molar-refractivity contribution in [3.8, 4) is 21.8 Å². The summed E-state index contributed by atoms with van der Waals surface area (Å²) in [7, 11) is 0. The van der Waals surface area contributed by atoms with Crippen LogP contribution in [0.5, 0.6) is 0 Å². The Labute approximate surface area is 125 Å². The van der Waals surface area contributed by atoms with Gasteiger partial charge in [-0.2, -0.15) is 0 Å². The van der Waals surface area contributed by atoms with Crippen molar-refractivity contribution in [1.29, 1.82) is 0 Å². The van der Waals surface area contributed by atoms with E-state index in [0.717, 1.165) is 26.7 Å². The van der Waals surface area contributed by atoms with Gasteiger partial charge in [-0.15, -0.1) is 11.3 Å². The van der Waals surface area contributed by atoms with E-state index in [1.54, 1.807) is 31.7 Å². The third-order valence-electron chi connectivity index (χ3n) is 2.99. The van der Waals surface area contributed by atoms with Crippen LogP contribution >= 0.6 is 11.3 Å². The largest absolute Gasteiger partial charge is 0.411 e. The van der Waals surface area contributed by atoms with Gasteiger partial charge in [0.1, 0.15) is 5.01 Å². The van der Waals surface area contributed by atoms with Gasteiger partial charge in [0, 0.05) is 35.9 Å². The Morgan fingerprint density at radius 3 is 2.14 bits per heavy atom. The van der Waals surface area contributed by atoms with Crippen LogP contribution in [0.25, 0.3) is 21.8 Å². The second-order valence-electron chi connectivity index (χ2n) is 4.35. The zero-order valence-electron chi connectivity index (χ0n) is 11.3. The lowest BCUT2D eigenvalue weighted by atomic mass is 10.1. The Kier molecular flexibility index (Phi) is 3.70. The van der Waals surface area contributed by atoms with E-state index in [9.17, 15) is 0 Å². The second kappa shape index (κ2) is 5.80. The van der Waals surface area contributed by atoms with Gasteiger partial charge in [0.15, 0.2) is 0 Å². The van der Waals surface area contributed by atoms with Crippen molar-refractivity contribution in [2.75, 3.05) is 0 Å². The lowest BCUT2D eigenvalue weighted by Crippen LogP contribution is -1.94. The van der Waals surface area contributed by atoms with E-state index in [-0.39, 0.29) is 0 Å². The van der Waals surface area contributed by atoms with Gasteiger partial charge in [-0.1, -0.05) is 5.16 Å². The molecule has 0 radical (unpaired) electrons. The molecular formula is C15H12N4OS. The molecule has 21 heavy (non-hydrogen) atoms. The summed E-state index contributed by atoms with van der Waals surface area (Å²) in [6.07, 6.45) is 6.90. The van der Waals surface area contributed by atoms with E-state index < -0.39 is 0 Å². The first kappa shape index (κ1) is 13.4. The molecule has 1 N–H and O–H groups in total. The first-order valence-electron chi connectivity index (χ1n) is 6.30. The summed E-state index contributed by atoms with van der Waals surface area (Å²) in [5, 5.41) is 13.3. The summed E-state index contributed by atoms with van der Waals surface area (Å²) < 4.78 is 0. The Bertz CT molecular complexity index is 769. The molecule has 0 aliphatic rings. The Hall–Kier alpha value is -2.60. The fourth-order valence-corrected chi connectivity index (χ4v) is 2.97. The van der Waals surface area contributed by atoms with Crippen LogP contribution in [0.4, 0.5) is 0 Å². The van der Waals surface area contributed by atoms with Crippen molar-refractivity contribution in [3.63, 3.8) is 0 Å². The van der Waals surface area contributed by atoms with Gasteiger partial charge < -0.3 is 5.21 Å². The maximum atomic E-state index is 9.08. The van der Waals surface area contributed by atoms with Crippen molar-refractivity contribution in [2.24, 2.45) is 5.16 Å². The first-order chi connectivity index (χ1) is 10.3. The molecule has 0 fully saturated rings. The zero-order chi connectivity index (χ0) is 14.7. The van der Waals surface area contributed by atoms with Gasteiger partial charge in [0.05, 0.1) is 16.3 Å². The molecule has 0 aliphatic heterocycles. The summed E-state index contributed by atoms with van der Waals surface area (Å²) >= 11 is 1.49. The number of aromatic nitrogens is 3. The van der Waals surface area contributed by atoms with Gasteiger partial charge in [0.2, 0.25) is 0 Å². The summed E-state index contributed by atoms with van der Waals surface area (Å²) in [4.78, 5) is 13.6. The van der Waals surface area contributed by atoms with E-state index in [1.165, 1.54) is 11.3 Å². The molecule has 0 saturated carbocycles. The van der Waals surface area contributed by atoms with Gasteiger partial charge in [-0.25, -0.2) is 4.98 Å². The molecular weight excluding hydrogens is 284 g/mol. The number of nitrogens with zero attached hydrogens (tertiary/aromatic N) is 4. The molecule has 5 nitrogen and oxygen atoms in total. The minimum absolute atomic E-state index is 0.541. The number of pyridine rings is 2. The monoisotopic (exact) mass is 296 g/mol. The van der Waals surface area contributed by atoms with E-state index >= 15 is 0 Å². The van der Waals surface area contributed by atoms with Gasteiger partial charge >= 0.3 is 0 Å². The lowest BCUT2D eigenvalue weighted by molar-refractivity contribution is 0.319. The molecule has 3 aromatic rings. The number of rotatable bonds is 3. The summed E-state index contributed by atoms with van der Waals surface area (Å²) in [5.41, 5.74) is 3.27. The molecule has 0 spiro atoms. The second-order valence-corrected chi connectivity index (χ2v) is 5.35.